The lowest BCUT2D eigenvalue weighted by atomic mass is 10.0. The Hall–Kier alpha value is -7.14. The lowest BCUT2D eigenvalue weighted by molar-refractivity contribution is -0.137. The Morgan fingerprint density at radius 3 is 1.66 bits per heavy atom. The largest absolute Gasteiger partial charge is 0.496 e. The predicted octanol–water partition coefficient (Wildman–Crippen LogP) is 9.88. The van der Waals surface area contributed by atoms with Gasteiger partial charge in [0.15, 0.2) is 17.3 Å². The fourth-order valence-electron chi connectivity index (χ4n) is 9.48. The number of carboxylic acids is 1. The van der Waals surface area contributed by atoms with Gasteiger partial charge < -0.3 is 39.2 Å². The minimum absolute atomic E-state index is 0. The van der Waals surface area contributed by atoms with Gasteiger partial charge in [-0.25, -0.2) is 38.7 Å². The van der Waals surface area contributed by atoms with E-state index >= 15 is 0 Å². The molecule has 20 nitrogen and oxygen atoms in total. The van der Waals surface area contributed by atoms with Crippen LogP contribution in [0, 0.1) is 13.8 Å². The van der Waals surface area contributed by atoms with Crippen LogP contribution < -0.4 is 20.1 Å². The number of methoxy groups -OCH3 is 2. The number of likely N-dealkylation sites (tertiary alicyclic amines) is 1. The number of nitrogens with one attached hydrogen (secondary N) is 2. The molecule has 0 saturated carbocycles. The molecule has 2 aliphatic rings. The van der Waals surface area contributed by atoms with Crippen LogP contribution in [0.25, 0.3) is 44.1 Å². The number of carbonyl (C=O) groups is 6. The van der Waals surface area contributed by atoms with Gasteiger partial charge in [0.1, 0.15) is 69.6 Å². The van der Waals surface area contributed by atoms with Gasteiger partial charge >= 0.3 is 5.97 Å². The number of carboxylic acid groups (broad SMARTS) is 1. The molecule has 0 radical (unpaired) electrons. The van der Waals surface area contributed by atoms with Crippen LogP contribution >= 0.6 is 57.8 Å². The summed E-state index contributed by atoms with van der Waals surface area (Å²) >= 11 is 13.8. The third-order valence-corrected chi connectivity index (χ3v) is 14.3. The number of alkyl halides is 2. The highest BCUT2D eigenvalue weighted by atomic mass is 79.9. The van der Waals surface area contributed by atoms with Crippen LogP contribution in [-0.4, -0.2) is 136 Å². The van der Waals surface area contributed by atoms with E-state index < -0.39 is 36.2 Å². The molecule has 2 amide bonds. The van der Waals surface area contributed by atoms with E-state index in [1.807, 2.05) is 18.2 Å². The zero-order chi connectivity index (χ0) is 60.2. The van der Waals surface area contributed by atoms with Gasteiger partial charge in [-0.15, -0.1) is 12.4 Å². The van der Waals surface area contributed by atoms with Crippen LogP contribution in [0.5, 0.6) is 11.5 Å². The van der Waals surface area contributed by atoms with Crippen molar-refractivity contribution in [3.05, 3.63) is 136 Å². The number of aryl methyl sites for hydroxylation is 2. The second kappa shape index (κ2) is 32.6. The number of fused-ring (bicyclic) bond motifs is 2. The Morgan fingerprint density at radius 2 is 1.22 bits per heavy atom. The molecular weight excluding hydrogens is 1320 g/mol. The summed E-state index contributed by atoms with van der Waals surface area (Å²) in [6, 6.07) is 16.2. The lowest BCUT2D eigenvalue weighted by Gasteiger charge is -2.24. The van der Waals surface area contributed by atoms with E-state index in [0.717, 1.165) is 11.1 Å². The highest BCUT2D eigenvalue weighted by Crippen LogP contribution is 2.38. The SMILES string of the molecule is C.COc1cc2c(cc1-c1cnc(C)nc1)c(C(C)=O)cn2CC(=O)N1C[C@H](F)C[C@H]1C(=O)Nc1cccc(Br)n1.COc1cc2c(cc1-c1cnc(C)nc1)c(C(C)=O)cn2CC(=O)O.Cl.O=C(Cc1cccc(Br)n1)[C@@H]1C[C@@H](F)CN1.S.S=S. The van der Waals surface area contributed by atoms with Gasteiger partial charge in [-0.1, -0.05) is 19.6 Å². The number of ketones is 3. The molecule has 8 aromatic rings. The number of amides is 2. The second-order valence-electron chi connectivity index (χ2n) is 19.1. The number of aromatic nitrogens is 8. The molecule has 6 aromatic heterocycles. The monoisotopic (exact) mass is 1380 g/mol. The molecular formula is C58H62Br2ClF2N11O9S3. The van der Waals surface area contributed by atoms with Crippen molar-refractivity contribution in [3.8, 4) is 33.8 Å². The van der Waals surface area contributed by atoms with Crippen molar-refractivity contribution in [3.63, 3.8) is 0 Å². The molecule has 2 aromatic carbocycles. The predicted molar refractivity (Wildman–Crippen MR) is 343 cm³/mol. The van der Waals surface area contributed by atoms with Gasteiger partial charge in [-0.05, 0) is 96.0 Å². The van der Waals surface area contributed by atoms with E-state index in [0.29, 0.717) is 87.9 Å². The number of Topliss-reactive ketones (excluding diaryl/α,β-unsaturated/α-hetero) is 3. The van der Waals surface area contributed by atoms with Crippen molar-refractivity contribution in [1.29, 1.82) is 0 Å². The number of pyridine rings is 2. The van der Waals surface area contributed by atoms with Crippen LogP contribution in [0.3, 0.4) is 0 Å². The van der Waals surface area contributed by atoms with Gasteiger partial charge in [-0.2, -0.15) is 13.5 Å². The van der Waals surface area contributed by atoms with Gasteiger partial charge in [-0.3, -0.25) is 28.8 Å². The van der Waals surface area contributed by atoms with Gasteiger partial charge in [0.25, 0.3) is 0 Å². The van der Waals surface area contributed by atoms with E-state index in [9.17, 15) is 37.5 Å². The summed E-state index contributed by atoms with van der Waals surface area (Å²) in [4.78, 5) is 100. The molecule has 86 heavy (non-hydrogen) atoms. The minimum atomic E-state index is -1.34. The first kappa shape index (κ1) is 71.3. The van der Waals surface area contributed by atoms with Crippen molar-refractivity contribution < 1.29 is 52.1 Å². The summed E-state index contributed by atoms with van der Waals surface area (Å²) in [7, 11) is 3.06. The summed E-state index contributed by atoms with van der Waals surface area (Å²) < 4.78 is 42.9. The van der Waals surface area contributed by atoms with Gasteiger partial charge in [0.05, 0.1) is 44.3 Å². The number of nitrogens with zero attached hydrogens (tertiary/aromatic N) is 9. The van der Waals surface area contributed by atoms with E-state index in [1.165, 1.54) is 37.5 Å². The molecule has 0 unspecified atom stereocenters. The second-order valence-corrected chi connectivity index (χ2v) is 20.8. The van der Waals surface area contributed by atoms with Crippen molar-refractivity contribution in [1.82, 2.24) is 49.3 Å². The number of carbonyl (C=O) groups excluding carboxylic acids is 5. The molecule has 2 saturated heterocycles. The highest BCUT2D eigenvalue weighted by Gasteiger charge is 2.40. The van der Waals surface area contributed by atoms with Crippen LogP contribution in [-0.2, 0) is 61.1 Å². The molecule has 2 fully saturated rings. The molecule has 0 aliphatic carbocycles. The zero-order valence-electron chi connectivity index (χ0n) is 46.5. The zero-order valence-corrected chi connectivity index (χ0v) is 53.1. The minimum Gasteiger partial charge on any atom is -0.496 e. The Balaban J connectivity index is 0.000000294. The van der Waals surface area contributed by atoms with Gasteiger partial charge in [0.2, 0.25) is 11.8 Å². The first-order valence-electron chi connectivity index (χ1n) is 25.5. The smallest absolute Gasteiger partial charge is 0.323 e. The standard InChI is InChI=1S/C28H26BrFN6O4.C18H17N3O4.C11H12BrFN2O.CH4.ClH.S2.H2S/c1-15(37)21-13-35(22-9-24(40-3)19(8-20(21)22)17-10-31-16(2)32-11-17)14-27(38)36-12-18(30)7-23(36)28(39)34-26-6-4-5-25(29)33-26;1-10(22)15-8-21(9-18(23)24)16-5-17(25-3)13(4-14(15)16)12-6-19-11(2)20-7-12;12-11-3-1-2-8(15-11)5-10(16)9-4-7(13)6-14-9;;;1-2;/h4-6,8-11,13,18,23H,7,12,14H2,1-3H3,(H,33,34,39);4-8H,9H2,1-3H3,(H,23,24);1-3,7,9,14H,4-6H2;1H4;1H;;1H2/t18-,23+;;7-,9+;;;;/m1.1..../s1. The average molecular weight is 1390 g/mol. The number of rotatable bonds is 15. The van der Waals surface area contributed by atoms with E-state index in [-0.39, 0.29) is 102 Å². The molecule has 456 valence electrons. The summed E-state index contributed by atoms with van der Waals surface area (Å²) in [5.74, 6) is 0.353. The van der Waals surface area contributed by atoms with Crippen molar-refractivity contribution in [2.24, 2.45) is 0 Å². The summed E-state index contributed by atoms with van der Waals surface area (Å²) in [5, 5.41) is 15.9. The van der Waals surface area contributed by atoms with E-state index in [4.69, 9.17) is 14.6 Å². The summed E-state index contributed by atoms with van der Waals surface area (Å²) in [6.07, 6.45) is 8.07. The Morgan fingerprint density at radius 1 is 0.733 bits per heavy atom. The van der Waals surface area contributed by atoms with Crippen molar-refractivity contribution >= 4 is 143 Å². The van der Waals surface area contributed by atoms with E-state index in [1.54, 1.807) is 98.1 Å². The number of aliphatic carboxylic acids is 1. The van der Waals surface area contributed by atoms with Crippen LogP contribution in [0.15, 0.2) is 107 Å². The lowest BCUT2D eigenvalue weighted by Crippen LogP contribution is -2.44. The Kier molecular flexibility index (Phi) is 27.0. The Bertz CT molecular complexity index is 3740. The highest BCUT2D eigenvalue weighted by molar-refractivity contribution is 9.10. The molecule has 10 rings (SSSR count). The molecule has 0 bridgehead atoms. The fraction of sp³-hybridized carbons (Fsp3) is 0.310. The Labute approximate surface area is 534 Å². The third kappa shape index (κ3) is 17.7. The van der Waals surface area contributed by atoms with Crippen LogP contribution in [0.4, 0.5) is 14.6 Å². The number of hydrogen-bond acceptors (Lipinski definition) is 17. The number of ether oxygens (including phenoxy) is 2. The maximum absolute atomic E-state index is 14.5. The summed E-state index contributed by atoms with van der Waals surface area (Å²) in [6.45, 7) is 6.12. The van der Waals surface area contributed by atoms with Crippen molar-refractivity contribution in [2.75, 3.05) is 32.6 Å². The van der Waals surface area contributed by atoms with Crippen LogP contribution in [0.1, 0.15) is 72.2 Å². The van der Waals surface area contributed by atoms with Crippen molar-refractivity contribution in [2.45, 2.75) is 91.9 Å². The average Bonchev–Trinajstić information content (AvgIpc) is 1.74. The molecule has 2 aliphatic heterocycles. The number of hydrogen-bond donors (Lipinski definition) is 3. The summed E-state index contributed by atoms with van der Waals surface area (Å²) in [5.41, 5.74) is 5.71. The molecule has 28 heteroatoms. The number of anilines is 1. The molecule has 3 N–H and O–H groups in total. The first-order valence-corrected chi connectivity index (χ1v) is 28.4. The van der Waals surface area contributed by atoms with Crippen LogP contribution in [0.2, 0.25) is 0 Å². The maximum atomic E-state index is 14.5. The van der Waals surface area contributed by atoms with E-state index in [2.05, 4.69) is 94.8 Å². The normalized spacial score (nSPS) is 15.6. The first-order chi connectivity index (χ1) is 39.7. The number of halogens is 5. The molecule has 0 spiro atoms. The molecule has 8 heterocycles. The molecule has 4 atom stereocenters. The third-order valence-electron chi connectivity index (χ3n) is 13.4. The topological polar surface area (TPSA) is 256 Å². The number of benzene rings is 2. The van der Waals surface area contributed by atoms with Gasteiger partial charge in [0, 0.05) is 141 Å². The maximum Gasteiger partial charge on any atom is 0.323 e. The quantitative estimate of drug-likeness (QED) is 0.0637. The fourth-order valence-corrected chi connectivity index (χ4v) is 10.2.